The van der Waals surface area contributed by atoms with E-state index in [4.69, 9.17) is 5.21 Å². The number of oxime groups is 1. The molecule has 0 radical (unpaired) electrons. The van der Waals surface area contributed by atoms with Crippen molar-refractivity contribution in [1.82, 2.24) is 0 Å². The fraction of sp³-hybridized carbons (Fsp3) is 0. The molecule has 0 unspecified atom stereocenters. The number of nitrogens with one attached hydrogen (secondary N) is 1. The Bertz CT molecular complexity index is 565. The number of nitrogens with zero attached hydrogens (tertiary/aromatic N) is 1. The average molecular weight is 240 g/mol. The Morgan fingerprint density at radius 1 is 1.06 bits per heavy atom. The second-order valence-corrected chi connectivity index (χ2v) is 3.65. The first-order valence-electron chi connectivity index (χ1n) is 5.44. The molecule has 0 aliphatic carbocycles. The number of hydrogen-bond donors (Lipinski definition) is 2. The van der Waals surface area contributed by atoms with Gasteiger partial charge in [0.2, 0.25) is 0 Å². The van der Waals surface area contributed by atoms with Crippen molar-refractivity contribution in [3.05, 3.63) is 54.6 Å². The van der Waals surface area contributed by atoms with Gasteiger partial charge in [-0.3, -0.25) is 4.79 Å². The first-order valence-corrected chi connectivity index (χ1v) is 5.44. The van der Waals surface area contributed by atoms with E-state index in [1.54, 1.807) is 6.07 Å². The predicted molar refractivity (Wildman–Crippen MR) is 70.8 cm³/mol. The Kier molecular flexibility index (Phi) is 3.71. The maximum Gasteiger partial charge on any atom is 0.270 e. The van der Waals surface area contributed by atoms with Gasteiger partial charge < -0.3 is 10.5 Å². The summed E-state index contributed by atoms with van der Waals surface area (Å²) in [4.78, 5) is 11.4. The van der Waals surface area contributed by atoms with Crippen LogP contribution < -0.4 is 5.32 Å². The molecule has 2 aromatic rings. The Balaban J connectivity index is 2.35. The molecule has 2 rings (SSSR count). The van der Waals surface area contributed by atoms with Gasteiger partial charge in [-0.25, -0.2) is 0 Å². The lowest BCUT2D eigenvalue weighted by Gasteiger charge is -2.09. The first kappa shape index (κ1) is 11.9. The number of benzene rings is 2. The summed E-state index contributed by atoms with van der Waals surface area (Å²) < 4.78 is 0. The van der Waals surface area contributed by atoms with Crippen molar-refractivity contribution in [3.8, 4) is 11.1 Å². The van der Waals surface area contributed by atoms with Gasteiger partial charge in [0.25, 0.3) is 5.91 Å². The minimum atomic E-state index is -0.471. The Hall–Kier alpha value is -2.62. The minimum absolute atomic E-state index is 0.471. The van der Waals surface area contributed by atoms with Crippen LogP contribution in [0.2, 0.25) is 0 Å². The normalized spacial score (nSPS) is 10.4. The zero-order valence-electron chi connectivity index (χ0n) is 9.58. The van der Waals surface area contributed by atoms with Gasteiger partial charge in [0.1, 0.15) is 6.21 Å². The van der Waals surface area contributed by atoms with Crippen molar-refractivity contribution in [2.45, 2.75) is 0 Å². The molecule has 2 aromatic carbocycles. The monoisotopic (exact) mass is 240 g/mol. The molecular weight excluding hydrogens is 228 g/mol. The lowest BCUT2D eigenvalue weighted by Crippen LogP contribution is -2.13. The summed E-state index contributed by atoms with van der Waals surface area (Å²) in [6.07, 6.45) is 0.821. The number of anilines is 1. The van der Waals surface area contributed by atoms with E-state index in [9.17, 15) is 4.79 Å². The fourth-order valence-electron chi connectivity index (χ4n) is 1.68. The molecule has 0 aliphatic rings. The highest BCUT2D eigenvalue weighted by molar-refractivity contribution is 6.32. The summed E-state index contributed by atoms with van der Waals surface area (Å²) in [5.41, 5.74) is 2.60. The number of carbonyl (C=O) groups excluding carboxylic acids is 1. The zero-order chi connectivity index (χ0) is 12.8. The van der Waals surface area contributed by atoms with Crippen LogP contribution in [0.3, 0.4) is 0 Å². The Morgan fingerprint density at radius 2 is 1.72 bits per heavy atom. The van der Waals surface area contributed by atoms with Gasteiger partial charge in [0.15, 0.2) is 0 Å². The summed E-state index contributed by atoms with van der Waals surface area (Å²) in [6.45, 7) is 0. The first-order chi connectivity index (χ1) is 8.81. The van der Waals surface area contributed by atoms with Crippen molar-refractivity contribution in [3.63, 3.8) is 0 Å². The summed E-state index contributed by atoms with van der Waals surface area (Å²) in [6, 6.07) is 17.2. The molecule has 0 saturated carbocycles. The van der Waals surface area contributed by atoms with Crippen LogP contribution in [-0.4, -0.2) is 17.3 Å². The summed E-state index contributed by atoms with van der Waals surface area (Å²) in [7, 11) is 0. The second kappa shape index (κ2) is 5.63. The summed E-state index contributed by atoms with van der Waals surface area (Å²) >= 11 is 0. The summed E-state index contributed by atoms with van der Waals surface area (Å²) in [5, 5.41) is 13.7. The number of rotatable bonds is 3. The molecule has 0 bridgehead atoms. The van der Waals surface area contributed by atoms with Gasteiger partial charge in [0.05, 0.1) is 0 Å². The van der Waals surface area contributed by atoms with Crippen LogP contribution in [0, 0.1) is 0 Å². The molecule has 18 heavy (non-hydrogen) atoms. The van der Waals surface area contributed by atoms with Crippen molar-refractivity contribution in [2.75, 3.05) is 5.32 Å². The van der Waals surface area contributed by atoms with Gasteiger partial charge in [0, 0.05) is 11.3 Å². The van der Waals surface area contributed by atoms with Gasteiger partial charge in [-0.1, -0.05) is 53.7 Å². The molecule has 0 heterocycles. The van der Waals surface area contributed by atoms with Crippen molar-refractivity contribution < 1.29 is 10.0 Å². The highest BCUT2D eigenvalue weighted by Crippen LogP contribution is 2.27. The number of amides is 1. The average Bonchev–Trinajstić information content (AvgIpc) is 2.40. The van der Waals surface area contributed by atoms with Crippen LogP contribution >= 0.6 is 0 Å². The third-order valence-corrected chi connectivity index (χ3v) is 2.44. The lowest BCUT2D eigenvalue weighted by atomic mass is 10.0. The van der Waals surface area contributed by atoms with Crippen LogP contribution in [0.25, 0.3) is 11.1 Å². The maximum atomic E-state index is 11.4. The van der Waals surface area contributed by atoms with Crippen LogP contribution in [0.1, 0.15) is 0 Å². The van der Waals surface area contributed by atoms with E-state index in [0.29, 0.717) is 5.69 Å². The highest BCUT2D eigenvalue weighted by Gasteiger charge is 2.06. The molecule has 4 nitrogen and oxygen atoms in total. The van der Waals surface area contributed by atoms with E-state index in [1.807, 2.05) is 48.5 Å². The number of hydrogen-bond acceptors (Lipinski definition) is 3. The van der Waals surface area contributed by atoms with Gasteiger partial charge in [-0.05, 0) is 11.6 Å². The summed E-state index contributed by atoms with van der Waals surface area (Å²) in [5.74, 6) is -0.471. The molecule has 1 amide bonds. The van der Waals surface area contributed by atoms with Crippen LogP contribution in [0.5, 0.6) is 0 Å². The van der Waals surface area contributed by atoms with Gasteiger partial charge >= 0.3 is 0 Å². The molecule has 0 atom stereocenters. The molecule has 0 aliphatic heterocycles. The molecule has 0 spiro atoms. The smallest absolute Gasteiger partial charge is 0.270 e. The Labute approximate surface area is 105 Å². The second-order valence-electron chi connectivity index (χ2n) is 3.65. The van der Waals surface area contributed by atoms with Gasteiger partial charge in [-0.15, -0.1) is 0 Å². The van der Waals surface area contributed by atoms with Crippen LogP contribution in [-0.2, 0) is 4.79 Å². The topological polar surface area (TPSA) is 61.7 Å². The third kappa shape index (κ3) is 2.74. The quantitative estimate of drug-likeness (QED) is 0.492. The van der Waals surface area contributed by atoms with E-state index in [-0.39, 0.29) is 0 Å². The maximum absolute atomic E-state index is 11.4. The predicted octanol–water partition coefficient (Wildman–Crippen LogP) is 2.75. The van der Waals surface area contributed by atoms with Crippen LogP contribution in [0.15, 0.2) is 59.8 Å². The molecule has 0 aromatic heterocycles. The number of carbonyl (C=O) groups is 1. The lowest BCUT2D eigenvalue weighted by molar-refractivity contribution is -0.110. The minimum Gasteiger partial charge on any atom is -0.411 e. The largest absolute Gasteiger partial charge is 0.411 e. The van der Waals surface area contributed by atoms with Crippen molar-refractivity contribution in [1.29, 1.82) is 0 Å². The number of para-hydroxylation sites is 1. The molecule has 90 valence electrons. The van der Waals surface area contributed by atoms with Crippen molar-refractivity contribution in [2.24, 2.45) is 5.16 Å². The van der Waals surface area contributed by atoms with Gasteiger partial charge in [-0.2, -0.15) is 0 Å². The van der Waals surface area contributed by atoms with E-state index in [2.05, 4.69) is 10.5 Å². The van der Waals surface area contributed by atoms with E-state index in [1.165, 1.54) is 0 Å². The molecule has 0 fully saturated rings. The van der Waals surface area contributed by atoms with Crippen molar-refractivity contribution >= 4 is 17.8 Å². The van der Waals surface area contributed by atoms with E-state index in [0.717, 1.165) is 17.3 Å². The fourth-order valence-corrected chi connectivity index (χ4v) is 1.68. The molecule has 4 heteroatoms. The van der Waals surface area contributed by atoms with E-state index >= 15 is 0 Å². The zero-order valence-corrected chi connectivity index (χ0v) is 9.58. The molecular formula is C14H12N2O2. The molecule has 0 saturated heterocycles. The SMILES string of the molecule is O=C(/C=N\O)Nc1ccccc1-c1ccccc1. The standard InChI is InChI=1S/C14H12N2O2/c17-14(10-15-18)16-13-9-5-4-8-12(13)11-6-2-1-3-7-11/h1-10,18H,(H,16,17)/b15-10-. The van der Waals surface area contributed by atoms with Crippen LogP contribution in [0.4, 0.5) is 5.69 Å². The van der Waals surface area contributed by atoms with E-state index < -0.39 is 5.91 Å². The Morgan fingerprint density at radius 3 is 2.44 bits per heavy atom. The third-order valence-electron chi connectivity index (χ3n) is 2.44. The highest BCUT2D eigenvalue weighted by atomic mass is 16.4. The molecule has 2 N–H and O–H groups in total.